The minimum absolute atomic E-state index is 0.0302. The fourth-order valence-electron chi connectivity index (χ4n) is 4.42. The van der Waals surface area contributed by atoms with Crippen molar-refractivity contribution in [3.05, 3.63) is 63.2 Å². The molecule has 30 heavy (non-hydrogen) atoms. The van der Waals surface area contributed by atoms with E-state index in [0.29, 0.717) is 36.9 Å². The molecule has 1 aliphatic carbocycles. The van der Waals surface area contributed by atoms with Crippen molar-refractivity contribution in [1.82, 2.24) is 10.6 Å². The second-order valence-electron chi connectivity index (χ2n) is 8.19. The van der Waals surface area contributed by atoms with Gasteiger partial charge in [-0.2, -0.15) is 0 Å². The molecule has 6 heteroatoms. The highest BCUT2D eigenvalue weighted by Gasteiger charge is 2.26. The van der Waals surface area contributed by atoms with Gasteiger partial charge >= 0.3 is 0 Å². The lowest BCUT2D eigenvalue weighted by Crippen LogP contribution is -2.45. The van der Waals surface area contributed by atoms with E-state index in [4.69, 9.17) is 21.1 Å². The Bertz CT molecular complexity index is 921. The Morgan fingerprint density at radius 3 is 2.83 bits per heavy atom. The van der Waals surface area contributed by atoms with Crippen molar-refractivity contribution in [2.45, 2.75) is 57.9 Å². The first-order valence-corrected chi connectivity index (χ1v) is 11.0. The largest absolute Gasteiger partial charge is 0.484 e. The Morgan fingerprint density at radius 2 is 2.07 bits per heavy atom. The molecule has 0 aromatic heterocycles. The number of halogens is 1. The van der Waals surface area contributed by atoms with Gasteiger partial charge in [0.15, 0.2) is 0 Å². The maximum Gasteiger partial charge on any atom is 0.220 e. The summed E-state index contributed by atoms with van der Waals surface area (Å²) in [5.41, 5.74) is 6.14. The Kier molecular flexibility index (Phi) is 6.61. The number of benzene rings is 2. The van der Waals surface area contributed by atoms with Gasteiger partial charge in [0.1, 0.15) is 11.9 Å². The van der Waals surface area contributed by atoms with Crippen LogP contribution >= 0.6 is 11.6 Å². The van der Waals surface area contributed by atoms with Gasteiger partial charge < -0.3 is 20.1 Å². The average molecular weight is 429 g/mol. The van der Waals surface area contributed by atoms with Crippen molar-refractivity contribution in [3.63, 3.8) is 0 Å². The van der Waals surface area contributed by atoms with E-state index in [9.17, 15) is 4.79 Å². The Morgan fingerprint density at radius 1 is 1.20 bits per heavy atom. The second-order valence-corrected chi connectivity index (χ2v) is 8.60. The minimum Gasteiger partial charge on any atom is -0.484 e. The average Bonchev–Trinajstić information content (AvgIpc) is 3.15. The molecule has 1 heterocycles. The van der Waals surface area contributed by atoms with E-state index >= 15 is 0 Å². The summed E-state index contributed by atoms with van der Waals surface area (Å²) in [6, 6.07) is 10.7. The standard InChI is InChI=1S/C24H29ClN2O3/c1-15-4-3-5-20-19(15)7-8-22(20)30-23-11-17(14-29-2)16(10-21(23)25)12-26-18-6-9-24(28)27-13-18/h3-5,10-11,18,22,26H,6-9,12-14H2,1-2H3,(H,27,28)/t18-,22-/m0/s1. The first-order chi connectivity index (χ1) is 14.5. The van der Waals surface area contributed by atoms with Crippen LogP contribution in [0.4, 0.5) is 0 Å². The number of amides is 1. The number of fused-ring (bicyclic) bond motifs is 1. The lowest BCUT2D eigenvalue weighted by atomic mass is 10.0. The fourth-order valence-corrected chi connectivity index (χ4v) is 4.65. The van der Waals surface area contributed by atoms with Crippen LogP contribution in [0, 0.1) is 6.92 Å². The van der Waals surface area contributed by atoms with Crippen LogP contribution in [0.1, 0.15) is 53.2 Å². The number of nitrogens with one attached hydrogen (secondary N) is 2. The van der Waals surface area contributed by atoms with Crippen LogP contribution in [-0.2, 0) is 29.1 Å². The molecular weight excluding hydrogens is 400 g/mol. The molecule has 1 amide bonds. The molecule has 0 saturated carbocycles. The number of carbonyl (C=O) groups excluding carboxylic acids is 1. The molecule has 4 rings (SSSR count). The molecular formula is C24H29ClN2O3. The first kappa shape index (κ1) is 21.2. The van der Waals surface area contributed by atoms with Crippen molar-refractivity contribution < 1.29 is 14.3 Å². The maximum absolute atomic E-state index is 11.4. The molecule has 2 atom stereocenters. The van der Waals surface area contributed by atoms with Crippen LogP contribution in [0.25, 0.3) is 0 Å². The van der Waals surface area contributed by atoms with Crippen molar-refractivity contribution in [1.29, 1.82) is 0 Å². The van der Waals surface area contributed by atoms with E-state index in [2.05, 4.69) is 35.8 Å². The van der Waals surface area contributed by atoms with Gasteiger partial charge in [-0.1, -0.05) is 29.8 Å². The molecule has 0 unspecified atom stereocenters. The van der Waals surface area contributed by atoms with Gasteiger partial charge in [-0.05, 0) is 66.1 Å². The van der Waals surface area contributed by atoms with Crippen LogP contribution in [-0.4, -0.2) is 25.6 Å². The number of piperidine rings is 1. The SMILES string of the molecule is COCc1cc(O[C@H]2CCc3c(C)cccc32)c(Cl)cc1CN[C@H]1CCC(=O)NC1. The number of rotatable bonds is 7. The van der Waals surface area contributed by atoms with E-state index in [0.717, 1.165) is 30.4 Å². The van der Waals surface area contributed by atoms with Crippen molar-refractivity contribution >= 4 is 17.5 Å². The summed E-state index contributed by atoms with van der Waals surface area (Å²) in [6.45, 7) is 3.98. The number of hydrogen-bond donors (Lipinski definition) is 2. The Labute approximate surface area is 183 Å². The first-order valence-electron chi connectivity index (χ1n) is 10.6. The van der Waals surface area contributed by atoms with Crippen molar-refractivity contribution in [3.8, 4) is 5.75 Å². The molecule has 2 aliphatic rings. The van der Waals surface area contributed by atoms with Gasteiger partial charge in [0.2, 0.25) is 5.91 Å². The summed E-state index contributed by atoms with van der Waals surface area (Å²) >= 11 is 6.63. The number of hydrogen-bond acceptors (Lipinski definition) is 4. The van der Waals surface area contributed by atoms with E-state index in [1.165, 1.54) is 16.7 Å². The molecule has 2 aromatic carbocycles. The Balaban J connectivity index is 1.49. The van der Waals surface area contributed by atoms with Crippen LogP contribution in [0.15, 0.2) is 30.3 Å². The maximum atomic E-state index is 11.4. The zero-order valence-electron chi connectivity index (χ0n) is 17.6. The highest BCUT2D eigenvalue weighted by atomic mass is 35.5. The van der Waals surface area contributed by atoms with Crippen molar-refractivity contribution in [2.75, 3.05) is 13.7 Å². The number of ether oxygens (including phenoxy) is 2. The summed E-state index contributed by atoms with van der Waals surface area (Å²) < 4.78 is 11.8. The van der Waals surface area contributed by atoms with Gasteiger partial charge in [-0.3, -0.25) is 4.79 Å². The molecule has 1 aliphatic heterocycles. The lowest BCUT2D eigenvalue weighted by molar-refractivity contribution is -0.122. The van der Waals surface area contributed by atoms with Gasteiger partial charge in [0, 0.05) is 32.7 Å². The predicted octanol–water partition coefficient (Wildman–Crippen LogP) is 4.23. The predicted molar refractivity (Wildman–Crippen MR) is 118 cm³/mol. The zero-order valence-corrected chi connectivity index (χ0v) is 18.3. The molecule has 0 bridgehead atoms. The second kappa shape index (κ2) is 9.38. The highest BCUT2D eigenvalue weighted by molar-refractivity contribution is 6.32. The smallest absolute Gasteiger partial charge is 0.220 e. The van der Waals surface area contributed by atoms with Crippen LogP contribution in [0.3, 0.4) is 0 Å². The normalized spacial score (nSPS) is 20.7. The summed E-state index contributed by atoms with van der Waals surface area (Å²) in [7, 11) is 1.69. The molecule has 1 saturated heterocycles. The third-order valence-electron chi connectivity index (χ3n) is 6.12. The zero-order chi connectivity index (χ0) is 21.1. The van der Waals surface area contributed by atoms with Gasteiger partial charge in [-0.15, -0.1) is 0 Å². The molecule has 0 spiro atoms. The van der Waals surface area contributed by atoms with Gasteiger partial charge in [0.25, 0.3) is 0 Å². The number of methoxy groups -OCH3 is 1. The minimum atomic E-state index is 0.0302. The summed E-state index contributed by atoms with van der Waals surface area (Å²) in [5.74, 6) is 0.832. The van der Waals surface area contributed by atoms with Crippen LogP contribution < -0.4 is 15.4 Å². The molecule has 2 aromatic rings. The van der Waals surface area contributed by atoms with Crippen LogP contribution in [0.5, 0.6) is 5.75 Å². The van der Waals surface area contributed by atoms with E-state index in [-0.39, 0.29) is 18.1 Å². The molecule has 1 fully saturated rings. The summed E-state index contributed by atoms with van der Waals surface area (Å²) in [4.78, 5) is 11.4. The van der Waals surface area contributed by atoms with Crippen LogP contribution in [0.2, 0.25) is 5.02 Å². The highest BCUT2D eigenvalue weighted by Crippen LogP contribution is 2.39. The molecule has 160 valence electrons. The Hall–Kier alpha value is -2.08. The van der Waals surface area contributed by atoms with E-state index < -0.39 is 0 Å². The fraction of sp³-hybridized carbons (Fsp3) is 0.458. The lowest BCUT2D eigenvalue weighted by Gasteiger charge is -2.24. The van der Waals surface area contributed by atoms with E-state index in [1.54, 1.807) is 7.11 Å². The summed E-state index contributed by atoms with van der Waals surface area (Å²) in [6.07, 6.45) is 3.45. The molecule has 2 N–H and O–H groups in total. The third kappa shape index (κ3) is 4.64. The quantitative estimate of drug-likeness (QED) is 0.692. The monoisotopic (exact) mass is 428 g/mol. The third-order valence-corrected chi connectivity index (χ3v) is 6.42. The number of carbonyl (C=O) groups is 1. The van der Waals surface area contributed by atoms with Gasteiger partial charge in [-0.25, -0.2) is 0 Å². The topological polar surface area (TPSA) is 59.6 Å². The number of aryl methyl sites for hydroxylation is 1. The summed E-state index contributed by atoms with van der Waals surface area (Å²) in [5, 5.41) is 7.05. The van der Waals surface area contributed by atoms with Gasteiger partial charge in [0.05, 0.1) is 11.6 Å². The molecule has 0 radical (unpaired) electrons. The van der Waals surface area contributed by atoms with Crippen molar-refractivity contribution in [2.24, 2.45) is 0 Å². The van der Waals surface area contributed by atoms with E-state index in [1.807, 2.05) is 12.1 Å². The molecule has 5 nitrogen and oxygen atoms in total.